The van der Waals surface area contributed by atoms with Crippen LogP contribution < -0.4 is 11.1 Å². The maximum Gasteiger partial charge on any atom is 0.0907 e. The molecule has 0 bridgehead atoms. The molecule has 17 heavy (non-hydrogen) atoms. The summed E-state index contributed by atoms with van der Waals surface area (Å²) in [7, 11) is 0. The lowest BCUT2D eigenvalue weighted by Crippen LogP contribution is -2.18. The van der Waals surface area contributed by atoms with E-state index in [1.165, 1.54) is 17.5 Å². The molecule has 0 amide bonds. The largest absolute Gasteiger partial charge is 0.397 e. The second kappa shape index (κ2) is 3.88. The topological polar surface area (TPSA) is 50.9 Å². The van der Waals surface area contributed by atoms with E-state index < -0.39 is 0 Å². The lowest BCUT2D eigenvalue weighted by atomic mass is 10.2. The van der Waals surface area contributed by atoms with Gasteiger partial charge in [-0.1, -0.05) is 0 Å². The van der Waals surface area contributed by atoms with Crippen LogP contribution in [0.5, 0.6) is 0 Å². The minimum atomic E-state index is 0.509. The van der Waals surface area contributed by atoms with Gasteiger partial charge >= 0.3 is 0 Å². The molecule has 3 rings (SSSR count). The summed E-state index contributed by atoms with van der Waals surface area (Å²) >= 11 is 1.69. The van der Waals surface area contributed by atoms with Gasteiger partial charge in [-0.3, -0.25) is 0 Å². The predicted molar refractivity (Wildman–Crippen MR) is 74.6 cm³/mol. The maximum absolute atomic E-state index is 6.08. The fourth-order valence-corrected chi connectivity index (χ4v) is 3.05. The van der Waals surface area contributed by atoms with Crippen LogP contribution in [0.25, 0.3) is 10.2 Å². The SMILES string of the molecule is Cc1nc2cc(NC(C)C3CC3)c(N)cc2s1. The number of benzene rings is 1. The van der Waals surface area contributed by atoms with Crippen LogP contribution in [0, 0.1) is 12.8 Å². The van der Waals surface area contributed by atoms with Crippen LogP contribution in [0.3, 0.4) is 0 Å². The summed E-state index contributed by atoms with van der Waals surface area (Å²) < 4.78 is 1.17. The van der Waals surface area contributed by atoms with Crippen LogP contribution in [-0.4, -0.2) is 11.0 Å². The number of fused-ring (bicyclic) bond motifs is 1. The monoisotopic (exact) mass is 247 g/mol. The zero-order chi connectivity index (χ0) is 12.0. The molecule has 1 saturated carbocycles. The van der Waals surface area contributed by atoms with Gasteiger partial charge < -0.3 is 11.1 Å². The first kappa shape index (κ1) is 10.8. The first-order valence-corrected chi connectivity index (χ1v) is 6.88. The average molecular weight is 247 g/mol. The molecule has 1 aliphatic carbocycles. The third-order valence-corrected chi connectivity index (χ3v) is 4.31. The molecular weight excluding hydrogens is 230 g/mol. The van der Waals surface area contributed by atoms with Crippen LogP contribution in [0.1, 0.15) is 24.8 Å². The molecule has 1 aromatic heterocycles. The van der Waals surface area contributed by atoms with Crippen molar-refractivity contribution in [3.05, 3.63) is 17.1 Å². The van der Waals surface area contributed by atoms with Crippen LogP contribution in [-0.2, 0) is 0 Å². The lowest BCUT2D eigenvalue weighted by Gasteiger charge is -2.16. The predicted octanol–water partition coefficient (Wildman–Crippen LogP) is 3.40. The van der Waals surface area contributed by atoms with Crippen molar-refractivity contribution in [2.45, 2.75) is 32.7 Å². The highest BCUT2D eigenvalue weighted by molar-refractivity contribution is 7.18. The number of aromatic nitrogens is 1. The minimum absolute atomic E-state index is 0.509. The Bertz CT molecular complexity index is 557. The van der Waals surface area contributed by atoms with Crippen molar-refractivity contribution in [3.63, 3.8) is 0 Å². The van der Waals surface area contributed by atoms with Crippen LogP contribution in [0.4, 0.5) is 11.4 Å². The molecule has 1 aromatic carbocycles. The second-order valence-corrected chi connectivity index (χ2v) is 6.15. The summed E-state index contributed by atoms with van der Waals surface area (Å²) in [5.74, 6) is 0.822. The molecule has 0 aliphatic heterocycles. The molecule has 4 heteroatoms. The molecule has 3 nitrogen and oxygen atoms in total. The summed E-state index contributed by atoms with van der Waals surface area (Å²) in [6, 6.07) is 4.61. The molecule has 0 spiro atoms. The van der Waals surface area contributed by atoms with Gasteiger partial charge in [-0.15, -0.1) is 11.3 Å². The fourth-order valence-electron chi connectivity index (χ4n) is 2.19. The zero-order valence-electron chi connectivity index (χ0n) is 10.2. The summed E-state index contributed by atoms with van der Waals surface area (Å²) in [5, 5.41) is 4.60. The van der Waals surface area contributed by atoms with E-state index in [1.807, 2.05) is 13.0 Å². The van der Waals surface area contributed by atoms with Gasteiger partial charge in [-0.05, 0) is 44.7 Å². The third-order valence-electron chi connectivity index (χ3n) is 3.38. The van der Waals surface area contributed by atoms with Gasteiger partial charge in [0, 0.05) is 6.04 Å². The second-order valence-electron chi connectivity index (χ2n) is 4.91. The number of nitrogen functional groups attached to an aromatic ring is 1. The number of thiazole rings is 1. The molecule has 1 fully saturated rings. The highest BCUT2D eigenvalue weighted by Gasteiger charge is 2.28. The molecule has 1 aliphatic rings. The van der Waals surface area contributed by atoms with E-state index in [0.29, 0.717) is 6.04 Å². The Morgan fingerprint density at radius 1 is 1.47 bits per heavy atom. The molecule has 2 aromatic rings. The van der Waals surface area contributed by atoms with E-state index in [9.17, 15) is 0 Å². The molecule has 3 N–H and O–H groups in total. The van der Waals surface area contributed by atoms with Crippen LogP contribution in [0.2, 0.25) is 0 Å². The van der Waals surface area contributed by atoms with E-state index in [1.54, 1.807) is 11.3 Å². The van der Waals surface area contributed by atoms with Crippen molar-refractivity contribution in [1.29, 1.82) is 0 Å². The number of nitrogens with one attached hydrogen (secondary N) is 1. The van der Waals surface area contributed by atoms with Crippen molar-refractivity contribution < 1.29 is 0 Å². The normalized spacial score (nSPS) is 17.3. The van der Waals surface area contributed by atoms with Gasteiger partial charge in [0.25, 0.3) is 0 Å². The number of rotatable bonds is 3. The zero-order valence-corrected chi connectivity index (χ0v) is 11.0. The van der Waals surface area contributed by atoms with E-state index in [0.717, 1.165) is 27.8 Å². The molecule has 0 saturated heterocycles. The number of anilines is 2. The van der Waals surface area contributed by atoms with Crippen molar-refractivity contribution in [1.82, 2.24) is 4.98 Å². The van der Waals surface area contributed by atoms with Crippen molar-refractivity contribution in [2.75, 3.05) is 11.1 Å². The maximum atomic E-state index is 6.08. The Hall–Kier alpha value is -1.29. The summed E-state index contributed by atoms with van der Waals surface area (Å²) in [6.07, 6.45) is 2.68. The van der Waals surface area contributed by atoms with Crippen molar-refractivity contribution in [2.24, 2.45) is 5.92 Å². The molecule has 90 valence electrons. The first-order chi connectivity index (χ1) is 8.13. The third kappa shape index (κ3) is 2.09. The number of nitrogens with zero attached hydrogens (tertiary/aromatic N) is 1. The van der Waals surface area contributed by atoms with E-state index >= 15 is 0 Å². The highest BCUT2D eigenvalue weighted by atomic mass is 32.1. The summed E-state index contributed by atoms with van der Waals surface area (Å²) in [5.41, 5.74) is 8.99. The number of nitrogens with two attached hydrogens (primary N) is 1. The quantitative estimate of drug-likeness (QED) is 0.817. The van der Waals surface area contributed by atoms with Gasteiger partial charge in [0.1, 0.15) is 0 Å². The molecular formula is C13H17N3S. The van der Waals surface area contributed by atoms with Crippen molar-refractivity contribution >= 4 is 32.9 Å². The highest BCUT2D eigenvalue weighted by Crippen LogP contribution is 2.36. The lowest BCUT2D eigenvalue weighted by molar-refractivity contribution is 0.695. The Morgan fingerprint density at radius 2 is 2.24 bits per heavy atom. The number of hydrogen-bond acceptors (Lipinski definition) is 4. The molecule has 0 radical (unpaired) electrons. The fraction of sp³-hybridized carbons (Fsp3) is 0.462. The van der Waals surface area contributed by atoms with Gasteiger partial charge in [0.15, 0.2) is 0 Å². The first-order valence-electron chi connectivity index (χ1n) is 6.06. The molecule has 1 unspecified atom stereocenters. The minimum Gasteiger partial charge on any atom is -0.397 e. The van der Waals surface area contributed by atoms with Gasteiger partial charge in [0.05, 0.1) is 26.6 Å². The Labute approximate surface area is 105 Å². The number of hydrogen-bond donors (Lipinski definition) is 2. The molecule has 1 atom stereocenters. The van der Waals surface area contributed by atoms with Crippen LogP contribution >= 0.6 is 11.3 Å². The van der Waals surface area contributed by atoms with E-state index in [4.69, 9.17) is 5.73 Å². The Kier molecular flexibility index (Phi) is 2.47. The Morgan fingerprint density at radius 3 is 2.94 bits per heavy atom. The molecule has 1 heterocycles. The van der Waals surface area contributed by atoms with Crippen LogP contribution in [0.15, 0.2) is 12.1 Å². The standard InChI is InChI=1S/C13H17N3S/c1-7(9-3-4-9)15-11-6-12-13(5-10(11)14)17-8(2)16-12/h5-7,9,15H,3-4,14H2,1-2H3. The van der Waals surface area contributed by atoms with E-state index in [-0.39, 0.29) is 0 Å². The van der Waals surface area contributed by atoms with Gasteiger partial charge in [-0.2, -0.15) is 0 Å². The van der Waals surface area contributed by atoms with Gasteiger partial charge in [0.2, 0.25) is 0 Å². The van der Waals surface area contributed by atoms with E-state index in [2.05, 4.69) is 23.3 Å². The summed E-state index contributed by atoms with van der Waals surface area (Å²) in [4.78, 5) is 4.51. The summed E-state index contributed by atoms with van der Waals surface area (Å²) in [6.45, 7) is 4.26. The van der Waals surface area contributed by atoms with Crippen molar-refractivity contribution in [3.8, 4) is 0 Å². The Balaban J connectivity index is 1.94. The average Bonchev–Trinajstić information content (AvgIpc) is 3.03. The smallest absolute Gasteiger partial charge is 0.0907 e. The number of aryl methyl sites for hydroxylation is 1. The van der Waals surface area contributed by atoms with Gasteiger partial charge in [-0.25, -0.2) is 4.98 Å².